The normalized spacial score (nSPS) is 16.0. The first-order valence-electron chi connectivity index (χ1n) is 10.5. The maximum Gasteiger partial charge on any atom is 0.416 e. The van der Waals surface area contributed by atoms with Gasteiger partial charge in [-0.25, -0.2) is 0 Å². The third-order valence-corrected chi connectivity index (χ3v) is 5.69. The SMILES string of the molecule is CN(CC1CCN(CCc2cccc(C(F)(F)F)c2)CC1)C(=O)/C=C/c1cccnc1. The molecule has 1 aliphatic rings. The monoisotopic (exact) mass is 431 g/mol. The van der Waals surface area contributed by atoms with Gasteiger partial charge in [0.2, 0.25) is 5.91 Å². The molecular weight excluding hydrogens is 403 g/mol. The zero-order chi connectivity index (χ0) is 22.3. The van der Waals surface area contributed by atoms with Crippen LogP contribution in [-0.4, -0.2) is 53.9 Å². The molecule has 3 rings (SSSR count). The zero-order valence-corrected chi connectivity index (χ0v) is 17.7. The maximum absolute atomic E-state index is 12.9. The number of halogens is 3. The van der Waals surface area contributed by atoms with Crippen LogP contribution in [0.5, 0.6) is 0 Å². The van der Waals surface area contributed by atoms with E-state index >= 15 is 0 Å². The van der Waals surface area contributed by atoms with E-state index in [-0.39, 0.29) is 5.91 Å². The molecule has 1 aromatic carbocycles. The van der Waals surface area contributed by atoms with Crippen molar-refractivity contribution in [3.05, 3.63) is 71.6 Å². The lowest BCUT2D eigenvalue weighted by molar-refractivity contribution is -0.137. The minimum Gasteiger partial charge on any atom is -0.342 e. The number of nitrogens with zero attached hydrogens (tertiary/aromatic N) is 3. The van der Waals surface area contributed by atoms with Gasteiger partial charge < -0.3 is 9.80 Å². The molecule has 0 bridgehead atoms. The lowest BCUT2D eigenvalue weighted by Gasteiger charge is -2.33. The van der Waals surface area contributed by atoms with Gasteiger partial charge in [0, 0.05) is 38.6 Å². The Hall–Kier alpha value is -2.67. The average Bonchev–Trinajstić information content (AvgIpc) is 2.77. The highest BCUT2D eigenvalue weighted by Gasteiger charge is 2.30. The van der Waals surface area contributed by atoms with E-state index < -0.39 is 11.7 Å². The Kier molecular flexibility index (Phi) is 7.85. The topological polar surface area (TPSA) is 36.4 Å². The van der Waals surface area contributed by atoms with Gasteiger partial charge in [0.15, 0.2) is 0 Å². The number of carbonyl (C=O) groups is 1. The third kappa shape index (κ3) is 7.21. The molecule has 166 valence electrons. The number of pyridine rings is 1. The van der Waals surface area contributed by atoms with Gasteiger partial charge in [0.05, 0.1) is 5.56 Å². The van der Waals surface area contributed by atoms with Crippen molar-refractivity contribution in [2.24, 2.45) is 5.92 Å². The number of hydrogen-bond donors (Lipinski definition) is 0. The first kappa shape index (κ1) is 23.0. The first-order valence-corrected chi connectivity index (χ1v) is 10.5. The smallest absolute Gasteiger partial charge is 0.342 e. The summed E-state index contributed by atoms with van der Waals surface area (Å²) < 4.78 is 38.6. The van der Waals surface area contributed by atoms with E-state index in [0.29, 0.717) is 24.4 Å². The van der Waals surface area contributed by atoms with Crippen molar-refractivity contribution < 1.29 is 18.0 Å². The van der Waals surface area contributed by atoms with Crippen molar-refractivity contribution in [1.29, 1.82) is 0 Å². The highest BCUT2D eigenvalue weighted by atomic mass is 19.4. The van der Waals surface area contributed by atoms with Crippen LogP contribution in [0, 0.1) is 5.92 Å². The highest BCUT2D eigenvalue weighted by Crippen LogP contribution is 2.29. The van der Waals surface area contributed by atoms with Crippen LogP contribution < -0.4 is 0 Å². The minimum absolute atomic E-state index is 0.0316. The van der Waals surface area contributed by atoms with Gasteiger partial charge in [-0.1, -0.05) is 24.3 Å². The lowest BCUT2D eigenvalue weighted by atomic mass is 9.96. The van der Waals surface area contributed by atoms with Gasteiger partial charge in [0.25, 0.3) is 0 Å². The molecule has 0 aliphatic carbocycles. The summed E-state index contributed by atoms with van der Waals surface area (Å²) in [5, 5.41) is 0. The molecule has 1 amide bonds. The molecule has 1 aromatic heterocycles. The number of hydrogen-bond acceptors (Lipinski definition) is 3. The van der Waals surface area contributed by atoms with E-state index in [4.69, 9.17) is 0 Å². The standard InChI is InChI=1S/C24H28F3N3O/c1-29(23(31)8-7-20-5-3-12-28-17-20)18-21-10-14-30(15-11-21)13-9-19-4-2-6-22(16-19)24(25,26)27/h2-8,12,16-17,21H,9-11,13-15,18H2,1H3/b8-7+. The maximum atomic E-state index is 12.9. The van der Waals surface area contributed by atoms with Gasteiger partial charge >= 0.3 is 6.18 Å². The summed E-state index contributed by atoms with van der Waals surface area (Å²) in [6.07, 6.45) is 5.00. The summed E-state index contributed by atoms with van der Waals surface area (Å²) in [5.41, 5.74) is 1.01. The fourth-order valence-electron chi connectivity index (χ4n) is 3.83. The van der Waals surface area contributed by atoms with Crippen LogP contribution in [0.2, 0.25) is 0 Å². The minimum atomic E-state index is -4.30. The van der Waals surface area contributed by atoms with Crippen molar-refractivity contribution in [2.45, 2.75) is 25.4 Å². The van der Waals surface area contributed by atoms with Crippen molar-refractivity contribution in [1.82, 2.24) is 14.8 Å². The van der Waals surface area contributed by atoms with Crippen LogP contribution >= 0.6 is 0 Å². The molecule has 1 aliphatic heterocycles. The summed E-state index contributed by atoms with van der Waals surface area (Å²) in [6.45, 7) is 3.25. The Morgan fingerprint density at radius 2 is 2.00 bits per heavy atom. The number of benzene rings is 1. The van der Waals surface area contributed by atoms with Gasteiger partial charge in [0.1, 0.15) is 0 Å². The molecule has 0 spiro atoms. The Morgan fingerprint density at radius 3 is 2.68 bits per heavy atom. The van der Waals surface area contributed by atoms with Crippen molar-refractivity contribution in [3.63, 3.8) is 0 Å². The van der Waals surface area contributed by atoms with E-state index in [2.05, 4.69) is 9.88 Å². The van der Waals surface area contributed by atoms with Gasteiger partial charge in [-0.3, -0.25) is 9.78 Å². The summed E-state index contributed by atoms with van der Waals surface area (Å²) in [4.78, 5) is 20.4. The largest absolute Gasteiger partial charge is 0.416 e. The molecule has 31 heavy (non-hydrogen) atoms. The van der Waals surface area contributed by atoms with E-state index in [1.807, 2.05) is 19.2 Å². The molecule has 0 unspecified atom stereocenters. The molecule has 0 saturated carbocycles. The van der Waals surface area contributed by atoms with Crippen LogP contribution in [0.3, 0.4) is 0 Å². The second kappa shape index (κ2) is 10.6. The second-order valence-electron chi connectivity index (χ2n) is 8.07. The number of carbonyl (C=O) groups excluding carboxylic acids is 1. The van der Waals surface area contributed by atoms with Crippen LogP contribution in [0.15, 0.2) is 54.9 Å². The predicted octanol–water partition coefficient (Wildman–Crippen LogP) is 4.53. The number of likely N-dealkylation sites (N-methyl/N-ethyl adjacent to an activating group) is 1. The molecule has 0 N–H and O–H groups in total. The Balaban J connectivity index is 1.40. The van der Waals surface area contributed by atoms with Crippen LogP contribution in [0.25, 0.3) is 6.08 Å². The molecule has 7 heteroatoms. The fourth-order valence-corrected chi connectivity index (χ4v) is 3.83. The second-order valence-corrected chi connectivity index (χ2v) is 8.07. The first-order chi connectivity index (χ1) is 14.8. The molecule has 2 heterocycles. The fraction of sp³-hybridized carbons (Fsp3) is 0.417. The number of aromatic nitrogens is 1. The van der Waals surface area contributed by atoms with Crippen LogP contribution in [0.1, 0.15) is 29.5 Å². The molecule has 0 radical (unpaired) electrons. The van der Waals surface area contributed by atoms with Gasteiger partial charge in [-0.2, -0.15) is 13.2 Å². The summed E-state index contributed by atoms with van der Waals surface area (Å²) in [5.74, 6) is 0.404. The number of rotatable bonds is 7. The summed E-state index contributed by atoms with van der Waals surface area (Å²) >= 11 is 0. The Labute approximate surface area is 181 Å². The highest BCUT2D eigenvalue weighted by molar-refractivity contribution is 5.91. The quantitative estimate of drug-likeness (QED) is 0.605. The number of piperidine rings is 1. The summed E-state index contributed by atoms with van der Waals surface area (Å²) in [7, 11) is 1.82. The zero-order valence-electron chi connectivity index (χ0n) is 17.7. The number of likely N-dealkylation sites (tertiary alicyclic amines) is 1. The molecule has 2 aromatic rings. The van der Waals surface area contributed by atoms with E-state index in [9.17, 15) is 18.0 Å². The third-order valence-electron chi connectivity index (χ3n) is 5.69. The average molecular weight is 432 g/mol. The Morgan fingerprint density at radius 1 is 1.23 bits per heavy atom. The van der Waals surface area contributed by atoms with Gasteiger partial charge in [-0.15, -0.1) is 0 Å². The molecule has 1 fully saturated rings. The molecule has 1 saturated heterocycles. The number of alkyl halides is 3. The summed E-state index contributed by atoms with van der Waals surface area (Å²) in [6, 6.07) is 9.30. The molecule has 0 atom stereocenters. The van der Waals surface area contributed by atoms with Crippen LogP contribution in [0.4, 0.5) is 13.2 Å². The Bertz CT molecular complexity index is 875. The van der Waals surface area contributed by atoms with E-state index in [1.54, 1.807) is 35.5 Å². The van der Waals surface area contributed by atoms with Crippen LogP contribution in [-0.2, 0) is 17.4 Å². The predicted molar refractivity (Wildman–Crippen MR) is 115 cm³/mol. The van der Waals surface area contributed by atoms with E-state index in [1.165, 1.54) is 12.1 Å². The number of amides is 1. The van der Waals surface area contributed by atoms with E-state index in [0.717, 1.165) is 44.1 Å². The molecular formula is C24H28F3N3O. The molecule has 4 nitrogen and oxygen atoms in total. The van der Waals surface area contributed by atoms with Crippen molar-refractivity contribution in [3.8, 4) is 0 Å². The van der Waals surface area contributed by atoms with Crippen molar-refractivity contribution in [2.75, 3.05) is 33.2 Å². The lowest BCUT2D eigenvalue weighted by Crippen LogP contribution is -2.39. The van der Waals surface area contributed by atoms with Crippen molar-refractivity contribution >= 4 is 12.0 Å². The van der Waals surface area contributed by atoms with Gasteiger partial charge in [-0.05, 0) is 67.6 Å².